The number of hydrogen-bond donors (Lipinski definition) is 0. The number of carbonyl (C=O) groups excluding carboxylic acids is 1. The van der Waals surface area contributed by atoms with Crippen molar-refractivity contribution in [3.8, 4) is 5.75 Å². The van der Waals surface area contributed by atoms with E-state index in [-0.39, 0.29) is 11.8 Å². The molecule has 3 aromatic carbocycles. The Morgan fingerprint density at radius 1 is 1.07 bits per heavy atom. The third-order valence-corrected chi connectivity index (χ3v) is 5.56. The highest BCUT2D eigenvalue weighted by Gasteiger charge is 2.36. The third-order valence-electron chi connectivity index (χ3n) is 5.56. The molecule has 1 aliphatic rings. The number of ether oxygens (including phenoxy) is 1. The number of aromatic nitrogens is 2. The molecule has 1 amide bonds. The minimum Gasteiger partial charge on any atom is -0.496 e. The van der Waals surface area contributed by atoms with E-state index >= 15 is 0 Å². The van der Waals surface area contributed by atoms with Gasteiger partial charge in [0, 0.05) is 30.6 Å². The van der Waals surface area contributed by atoms with Gasteiger partial charge in [-0.05, 0) is 22.9 Å². The number of methoxy groups -OCH3 is 1. The second kappa shape index (κ2) is 7.63. The fraction of sp³-hybridized carbons (Fsp3) is 0.208. The molecule has 0 unspecified atom stereocenters. The van der Waals surface area contributed by atoms with Crippen LogP contribution < -0.4 is 4.74 Å². The normalized spacial score (nSPS) is 14.0. The Hall–Kier alpha value is -3.67. The van der Waals surface area contributed by atoms with Gasteiger partial charge in [0.05, 0.1) is 13.0 Å². The lowest BCUT2D eigenvalue weighted by molar-refractivity contribution is 0.0571. The maximum atomic E-state index is 13.0. The van der Waals surface area contributed by atoms with Gasteiger partial charge in [0.1, 0.15) is 5.75 Å². The number of hydrogen-bond acceptors (Lipinski definition) is 5. The third kappa shape index (κ3) is 3.30. The molecule has 0 radical (unpaired) electrons. The van der Waals surface area contributed by atoms with Crippen LogP contribution in [0.25, 0.3) is 10.8 Å². The summed E-state index contributed by atoms with van der Waals surface area (Å²) in [7, 11) is 1.65. The predicted octanol–water partition coefficient (Wildman–Crippen LogP) is 4.06. The highest BCUT2D eigenvalue weighted by atomic mass is 16.5. The average Bonchev–Trinajstić information content (AvgIpc) is 3.20. The minimum atomic E-state index is 0.0387. The number of benzene rings is 3. The van der Waals surface area contributed by atoms with Crippen LogP contribution in [0.4, 0.5) is 0 Å². The maximum Gasteiger partial charge on any atom is 0.254 e. The lowest BCUT2D eigenvalue weighted by atomic mass is 9.97. The molecular formula is C24H21N3O3. The molecule has 0 saturated carbocycles. The maximum absolute atomic E-state index is 13.0. The fourth-order valence-electron chi connectivity index (χ4n) is 3.91. The highest BCUT2D eigenvalue weighted by molar-refractivity contribution is 6.07. The van der Waals surface area contributed by atoms with E-state index in [1.807, 2.05) is 71.6 Å². The molecule has 6 heteroatoms. The van der Waals surface area contributed by atoms with Gasteiger partial charge in [0.25, 0.3) is 5.91 Å². The second-order valence-corrected chi connectivity index (χ2v) is 7.47. The zero-order valence-corrected chi connectivity index (χ0v) is 16.6. The summed E-state index contributed by atoms with van der Waals surface area (Å²) in [5.74, 6) is 2.12. The van der Waals surface area contributed by atoms with Crippen LogP contribution in [0.2, 0.25) is 0 Å². The molecule has 0 spiro atoms. The largest absolute Gasteiger partial charge is 0.496 e. The van der Waals surface area contributed by atoms with Gasteiger partial charge in [-0.3, -0.25) is 4.79 Å². The smallest absolute Gasteiger partial charge is 0.254 e. The molecule has 0 atom stereocenters. The molecule has 0 aliphatic carbocycles. The molecule has 150 valence electrons. The van der Waals surface area contributed by atoms with Crippen LogP contribution in [0.3, 0.4) is 0 Å². The molecule has 0 N–H and O–H groups in total. The SMILES string of the molecule is COc1ccccc1Cc1noc(C2CN(C(=O)c3cccc4ccccc34)C2)n1. The number of rotatable bonds is 5. The van der Waals surface area contributed by atoms with Crippen LogP contribution >= 0.6 is 0 Å². The van der Waals surface area contributed by atoms with Crippen LogP contribution in [0.1, 0.15) is 33.6 Å². The molecular weight excluding hydrogens is 378 g/mol. The van der Waals surface area contributed by atoms with Crippen molar-refractivity contribution in [2.24, 2.45) is 0 Å². The highest BCUT2D eigenvalue weighted by Crippen LogP contribution is 2.30. The zero-order chi connectivity index (χ0) is 20.5. The zero-order valence-electron chi connectivity index (χ0n) is 16.6. The van der Waals surface area contributed by atoms with Crippen molar-refractivity contribution >= 4 is 16.7 Å². The summed E-state index contributed by atoms with van der Waals surface area (Å²) in [4.78, 5) is 19.4. The van der Waals surface area contributed by atoms with Crippen LogP contribution in [0, 0.1) is 0 Å². The number of carbonyl (C=O) groups is 1. The molecule has 5 rings (SSSR count). The monoisotopic (exact) mass is 399 g/mol. The fourth-order valence-corrected chi connectivity index (χ4v) is 3.91. The molecule has 0 bridgehead atoms. The Kier molecular flexibility index (Phi) is 4.67. The molecule has 1 saturated heterocycles. The number of amides is 1. The molecule has 1 aromatic heterocycles. The first kappa shape index (κ1) is 18.4. The number of fused-ring (bicyclic) bond motifs is 1. The summed E-state index contributed by atoms with van der Waals surface area (Å²) < 4.78 is 10.9. The van der Waals surface area contributed by atoms with Crippen molar-refractivity contribution in [3.05, 3.63) is 89.6 Å². The molecule has 4 aromatic rings. The summed E-state index contributed by atoms with van der Waals surface area (Å²) in [6.07, 6.45) is 0.541. The van der Waals surface area contributed by atoms with E-state index in [1.165, 1.54) is 0 Å². The first-order valence-corrected chi connectivity index (χ1v) is 9.94. The summed E-state index contributed by atoms with van der Waals surface area (Å²) >= 11 is 0. The summed E-state index contributed by atoms with van der Waals surface area (Å²) in [6, 6.07) is 21.6. The van der Waals surface area contributed by atoms with E-state index in [1.54, 1.807) is 7.11 Å². The van der Waals surface area contributed by atoms with Gasteiger partial charge in [-0.25, -0.2) is 0 Å². The average molecular weight is 399 g/mol. The van der Waals surface area contributed by atoms with Crippen LogP contribution in [-0.4, -0.2) is 41.1 Å². The first-order valence-electron chi connectivity index (χ1n) is 9.94. The van der Waals surface area contributed by atoms with Crippen LogP contribution in [-0.2, 0) is 6.42 Å². The van der Waals surface area contributed by atoms with Crippen molar-refractivity contribution in [2.45, 2.75) is 12.3 Å². The van der Waals surface area contributed by atoms with E-state index in [0.717, 1.165) is 27.6 Å². The lowest BCUT2D eigenvalue weighted by Gasteiger charge is -2.37. The lowest BCUT2D eigenvalue weighted by Crippen LogP contribution is -2.48. The van der Waals surface area contributed by atoms with Crippen molar-refractivity contribution in [1.29, 1.82) is 0 Å². The molecule has 1 aliphatic heterocycles. The van der Waals surface area contributed by atoms with E-state index in [9.17, 15) is 4.79 Å². The van der Waals surface area contributed by atoms with Gasteiger partial charge < -0.3 is 14.2 Å². The molecule has 30 heavy (non-hydrogen) atoms. The van der Waals surface area contributed by atoms with E-state index in [4.69, 9.17) is 9.26 Å². The Morgan fingerprint density at radius 2 is 1.83 bits per heavy atom. The van der Waals surface area contributed by atoms with Gasteiger partial charge in [0.2, 0.25) is 5.89 Å². The Balaban J connectivity index is 1.27. The van der Waals surface area contributed by atoms with Gasteiger partial charge in [-0.15, -0.1) is 0 Å². The van der Waals surface area contributed by atoms with Crippen molar-refractivity contribution in [1.82, 2.24) is 15.0 Å². The van der Waals surface area contributed by atoms with E-state index < -0.39 is 0 Å². The number of likely N-dealkylation sites (tertiary alicyclic amines) is 1. The van der Waals surface area contributed by atoms with Crippen LogP contribution in [0.5, 0.6) is 5.75 Å². The Bertz CT molecular complexity index is 1210. The van der Waals surface area contributed by atoms with Crippen molar-refractivity contribution in [3.63, 3.8) is 0 Å². The minimum absolute atomic E-state index is 0.0387. The van der Waals surface area contributed by atoms with E-state index in [0.29, 0.717) is 31.2 Å². The predicted molar refractivity (Wildman–Crippen MR) is 113 cm³/mol. The molecule has 2 heterocycles. The van der Waals surface area contributed by atoms with Crippen molar-refractivity contribution < 1.29 is 14.1 Å². The Labute approximate surface area is 174 Å². The van der Waals surface area contributed by atoms with Crippen molar-refractivity contribution in [2.75, 3.05) is 20.2 Å². The van der Waals surface area contributed by atoms with Gasteiger partial charge in [-0.2, -0.15) is 4.98 Å². The number of nitrogens with zero attached hydrogens (tertiary/aromatic N) is 3. The summed E-state index contributed by atoms with van der Waals surface area (Å²) in [5, 5.41) is 6.16. The van der Waals surface area contributed by atoms with E-state index in [2.05, 4.69) is 10.1 Å². The summed E-state index contributed by atoms with van der Waals surface area (Å²) in [6.45, 7) is 1.16. The van der Waals surface area contributed by atoms with Gasteiger partial charge in [-0.1, -0.05) is 59.8 Å². The van der Waals surface area contributed by atoms with Crippen LogP contribution in [0.15, 0.2) is 71.3 Å². The first-order chi connectivity index (χ1) is 14.7. The molecule has 6 nitrogen and oxygen atoms in total. The number of para-hydroxylation sites is 1. The second-order valence-electron chi connectivity index (χ2n) is 7.47. The summed E-state index contributed by atoms with van der Waals surface area (Å²) in [5.41, 5.74) is 1.74. The quantitative estimate of drug-likeness (QED) is 0.506. The van der Waals surface area contributed by atoms with Gasteiger partial charge in [0.15, 0.2) is 5.82 Å². The van der Waals surface area contributed by atoms with Gasteiger partial charge >= 0.3 is 0 Å². The molecule has 1 fully saturated rings. The Morgan fingerprint density at radius 3 is 2.70 bits per heavy atom. The standard InChI is InChI=1S/C24H21N3O3/c1-29-21-12-5-3-8-17(21)13-22-25-23(30-26-22)18-14-27(15-18)24(28)20-11-6-9-16-7-2-4-10-19(16)20/h2-12,18H,13-15H2,1H3. The topological polar surface area (TPSA) is 68.5 Å².